The minimum atomic E-state index is -0.801. The number of benzene rings is 1. The van der Waals surface area contributed by atoms with Gasteiger partial charge in [0.25, 0.3) is 0 Å². The molecule has 2 rings (SSSR count). The molecule has 1 fully saturated rings. The van der Waals surface area contributed by atoms with Gasteiger partial charge in [-0.3, -0.25) is 4.79 Å². The van der Waals surface area contributed by atoms with E-state index in [0.717, 1.165) is 19.4 Å². The van der Waals surface area contributed by atoms with Crippen LogP contribution in [0.3, 0.4) is 0 Å². The first-order chi connectivity index (χ1) is 9.65. The Morgan fingerprint density at radius 2 is 2.19 bits per heavy atom. The zero-order valence-electron chi connectivity index (χ0n) is 11.5. The predicted octanol–water partition coefficient (Wildman–Crippen LogP) is 0.855. The van der Waals surface area contributed by atoms with Gasteiger partial charge < -0.3 is 20.5 Å². The summed E-state index contributed by atoms with van der Waals surface area (Å²) in [5, 5.41) is 15.5. The number of halogens is 2. The van der Waals surface area contributed by atoms with Gasteiger partial charge in [-0.25, -0.2) is 4.39 Å². The van der Waals surface area contributed by atoms with Crippen molar-refractivity contribution in [2.45, 2.75) is 25.0 Å². The van der Waals surface area contributed by atoms with Crippen molar-refractivity contribution in [1.82, 2.24) is 10.6 Å². The SMILES string of the molecule is Cl.O=C(NCC(O)COc1ccc(F)cc1)C1CCCN1. The van der Waals surface area contributed by atoms with Gasteiger partial charge in [-0.2, -0.15) is 0 Å². The Hall–Kier alpha value is -1.37. The van der Waals surface area contributed by atoms with Crippen LogP contribution < -0.4 is 15.4 Å². The van der Waals surface area contributed by atoms with Crippen LogP contribution in [0.25, 0.3) is 0 Å². The van der Waals surface area contributed by atoms with E-state index in [-0.39, 0.29) is 43.3 Å². The third kappa shape index (κ3) is 5.87. The van der Waals surface area contributed by atoms with Crippen LogP contribution in [-0.2, 0) is 4.79 Å². The third-order valence-electron chi connectivity index (χ3n) is 3.14. The molecule has 7 heteroatoms. The lowest BCUT2D eigenvalue weighted by Gasteiger charge is -2.15. The lowest BCUT2D eigenvalue weighted by atomic mass is 10.2. The van der Waals surface area contributed by atoms with Crippen LogP contribution in [0.2, 0.25) is 0 Å². The van der Waals surface area contributed by atoms with Crippen molar-refractivity contribution in [2.75, 3.05) is 19.7 Å². The average Bonchev–Trinajstić information content (AvgIpc) is 2.98. The highest BCUT2D eigenvalue weighted by molar-refractivity contribution is 5.85. The molecule has 0 spiro atoms. The molecule has 2 unspecified atom stereocenters. The number of nitrogens with one attached hydrogen (secondary N) is 2. The summed E-state index contributed by atoms with van der Waals surface area (Å²) in [6.45, 7) is 1.04. The van der Waals surface area contributed by atoms with Gasteiger partial charge in [0.1, 0.15) is 24.3 Å². The maximum absolute atomic E-state index is 12.7. The molecule has 3 N–H and O–H groups in total. The second-order valence-corrected chi connectivity index (χ2v) is 4.81. The topological polar surface area (TPSA) is 70.6 Å². The van der Waals surface area contributed by atoms with Crippen LogP contribution in [0.4, 0.5) is 4.39 Å². The summed E-state index contributed by atoms with van der Waals surface area (Å²) in [6, 6.07) is 5.40. The quantitative estimate of drug-likeness (QED) is 0.727. The van der Waals surface area contributed by atoms with Crippen LogP contribution in [0.5, 0.6) is 5.75 Å². The molecule has 0 radical (unpaired) electrons. The maximum Gasteiger partial charge on any atom is 0.237 e. The van der Waals surface area contributed by atoms with Crippen molar-refractivity contribution >= 4 is 18.3 Å². The summed E-state index contributed by atoms with van der Waals surface area (Å²) in [4.78, 5) is 11.7. The fourth-order valence-corrected chi connectivity index (χ4v) is 2.03. The summed E-state index contributed by atoms with van der Waals surface area (Å²) in [5.41, 5.74) is 0. The summed E-state index contributed by atoms with van der Waals surface area (Å²) in [7, 11) is 0. The van der Waals surface area contributed by atoms with Crippen molar-refractivity contribution in [3.05, 3.63) is 30.1 Å². The van der Waals surface area contributed by atoms with Gasteiger partial charge in [0.05, 0.1) is 6.04 Å². The molecule has 1 saturated heterocycles. The summed E-state index contributed by atoms with van der Waals surface area (Å²) in [5.74, 6) is 0.0480. The van der Waals surface area contributed by atoms with Crippen molar-refractivity contribution in [2.24, 2.45) is 0 Å². The summed E-state index contributed by atoms with van der Waals surface area (Å²) < 4.78 is 18.0. The molecule has 0 aliphatic carbocycles. The van der Waals surface area contributed by atoms with Crippen molar-refractivity contribution in [1.29, 1.82) is 0 Å². The highest BCUT2D eigenvalue weighted by Gasteiger charge is 2.22. The third-order valence-corrected chi connectivity index (χ3v) is 3.14. The van der Waals surface area contributed by atoms with E-state index in [2.05, 4.69) is 10.6 Å². The molecule has 2 atom stereocenters. The molecule has 1 aliphatic heterocycles. The van der Waals surface area contributed by atoms with Gasteiger partial charge in [0, 0.05) is 6.54 Å². The van der Waals surface area contributed by atoms with E-state index in [0.29, 0.717) is 5.75 Å². The van der Waals surface area contributed by atoms with Crippen molar-refractivity contribution in [3.8, 4) is 5.75 Å². The Bertz CT molecular complexity index is 438. The van der Waals surface area contributed by atoms with E-state index < -0.39 is 6.10 Å². The van der Waals surface area contributed by atoms with Gasteiger partial charge >= 0.3 is 0 Å². The number of hydrogen-bond donors (Lipinski definition) is 3. The van der Waals surface area contributed by atoms with Crippen molar-refractivity contribution < 1.29 is 19.0 Å². The van der Waals surface area contributed by atoms with Gasteiger partial charge in [-0.15, -0.1) is 12.4 Å². The molecule has 0 saturated carbocycles. The first-order valence-electron chi connectivity index (χ1n) is 6.72. The lowest BCUT2D eigenvalue weighted by Crippen LogP contribution is -2.44. The summed E-state index contributed by atoms with van der Waals surface area (Å²) >= 11 is 0. The van der Waals surface area contributed by atoms with E-state index in [1.165, 1.54) is 24.3 Å². The van der Waals surface area contributed by atoms with Crippen molar-refractivity contribution in [3.63, 3.8) is 0 Å². The molecule has 21 heavy (non-hydrogen) atoms. The van der Waals surface area contributed by atoms with Crippen LogP contribution in [0.15, 0.2) is 24.3 Å². The van der Waals surface area contributed by atoms with Gasteiger partial charge in [0.15, 0.2) is 0 Å². The highest BCUT2D eigenvalue weighted by atomic mass is 35.5. The van der Waals surface area contributed by atoms with E-state index in [4.69, 9.17) is 4.74 Å². The fourth-order valence-electron chi connectivity index (χ4n) is 2.03. The Morgan fingerprint density at radius 3 is 2.81 bits per heavy atom. The Balaban J connectivity index is 0.00000220. The zero-order valence-corrected chi connectivity index (χ0v) is 12.4. The zero-order chi connectivity index (χ0) is 14.4. The van der Waals surface area contributed by atoms with E-state index in [9.17, 15) is 14.3 Å². The number of amides is 1. The van der Waals surface area contributed by atoms with Crippen LogP contribution in [-0.4, -0.2) is 42.9 Å². The molecular weight excluding hydrogens is 299 g/mol. The molecule has 1 aromatic carbocycles. The predicted molar refractivity (Wildman–Crippen MR) is 79.2 cm³/mol. The normalized spacial score (nSPS) is 18.7. The monoisotopic (exact) mass is 318 g/mol. The number of aliphatic hydroxyl groups is 1. The minimum absolute atomic E-state index is 0. The molecule has 118 valence electrons. The van der Waals surface area contributed by atoms with E-state index >= 15 is 0 Å². The number of hydrogen-bond acceptors (Lipinski definition) is 4. The first kappa shape index (κ1) is 17.7. The number of ether oxygens (including phenoxy) is 1. The lowest BCUT2D eigenvalue weighted by molar-refractivity contribution is -0.123. The number of aliphatic hydroxyl groups excluding tert-OH is 1. The van der Waals surface area contributed by atoms with E-state index in [1.807, 2.05) is 0 Å². The molecule has 1 heterocycles. The summed E-state index contributed by atoms with van der Waals surface area (Å²) in [6.07, 6.45) is 1.02. The minimum Gasteiger partial charge on any atom is -0.491 e. The second-order valence-electron chi connectivity index (χ2n) is 4.81. The fraction of sp³-hybridized carbons (Fsp3) is 0.500. The number of carbonyl (C=O) groups excluding carboxylic acids is 1. The Kier molecular flexibility index (Phi) is 7.42. The number of carbonyl (C=O) groups is 1. The molecule has 1 amide bonds. The van der Waals surface area contributed by atoms with Crippen LogP contribution >= 0.6 is 12.4 Å². The van der Waals surface area contributed by atoms with Gasteiger partial charge in [-0.1, -0.05) is 0 Å². The Labute approximate surface area is 129 Å². The largest absolute Gasteiger partial charge is 0.491 e. The number of rotatable bonds is 6. The molecule has 0 bridgehead atoms. The molecule has 5 nitrogen and oxygen atoms in total. The maximum atomic E-state index is 12.7. The van der Waals surface area contributed by atoms with Crippen LogP contribution in [0.1, 0.15) is 12.8 Å². The molecule has 0 aromatic heterocycles. The van der Waals surface area contributed by atoms with Gasteiger partial charge in [-0.05, 0) is 43.7 Å². The van der Waals surface area contributed by atoms with Crippen LogP contribution in [0, 0.1) is 5.82 Å². The second kappa shape index (κ2) is 8.81. The first-order valence-corrected chi connectivity index (χ1v) is 6.72. The Morgan fingerprint density at radius 1 is 1.48 bits per heavy atom. The molecule has 1 aliphatic rings. The molecule has 1 aromatic rings. The van der Waals surface area contributed by atoms with Gasteiger partial charge in [0.2, 0.25) is 5.91 Å². The molecular formula is C14H20ClFN2O3. The van der Waals surface area contributed by atoms with E-state index in [1.54, 1.807) is 0 Å². The average molecular weight is 319 g/mol. The smallest absolute Gasteiger partial charge is 0.237 e. The standard InChI is InChI=1S/C14H19FN2O3.ClH/c15-10-3-5-12(6-4-10)20-9-11(18)8-17-14(19)13-2-1-7-16-13;/h3-6,11,13,16,18H,1-2,7-9H2,(H,17,19);1H. The highest BCUT2D eigenvalue weighted by Crippen LogP contribution is 2.11.